The number of benzene rings is 2. The molecule has 5 rings (SSSR count). The van der Waals surface area contributed by atoms with Crippen molar-refractivity contribution in [3.8, 4) is 22.8 Å². The molecule has 0 aliphatic carbocycles. The molecule has 7 heteroatoms. The fourth-order valence-electron chi connectivity index (χ4n) is 3.70. The molecule has 2 atom stereocenters. The van der Waals surface area contributed by atoms with Crippen LogP contribution in [0.5, 0.6) is 11.5 Å². The molecule has 1 saturated heterocycles. The van der Waals surface area contributed by atoms with Gasteiger partial charge in [0, 0.05) is 18.7 Å². The van der Waals surface area contributed by atoms with Crippen molar-refractivity contribution >= 4 is 5.91 Å². The van der Waals surface area contributed by atoms with E-state index in [1.807, 2.05) is 70.4 Å². The SMILES string of the molecule is O=C(C1COc2ccccc2O1)N1CCC(n2cc(-c3ccccc3)nn2)C1. The Kier molecular flexibility index (Phi) is 4.20. The van der Waals surface area contributed by atoms with Crippen LogP contribution in [0.15, 0.2) is 60.8 Å². The van der Waals surface area contributed by atoms with Crippen LogP contribution >= 0.6 is 0 Å². The Balaban J connectivity index is 1.25. The first-order chi connectivity index (χ1) is 13.8. The summed E-state index contributed by atoms with van der Waals surface area (Å²) in [6, 6.07) is 17.5. The number of hydrogen-bond acceptors (Lipinski definition) is 5. The van der Waals surface area contributed by atoms with E-state index in [1.54, 1.807) is 0 Å². The third-order valence-corrected chi connectivity index (χ3v) is 5.21. The van der Waals surface area contributed by atoms with Gasteiger partial charge in [-0.15, -0.1) is 5.10 Å². The summed E-state index contributed by atoms with van der Waals surface area (Å²) in [5.74, 6) is 1.26. The Labute approximate surface area is 162 Å². The van der Waals surface area contributed by atoms with Gasteiger partial charge in [0.05, 0.1) is 12.2 Å². The first-order valence-electron chi connectivity index (χ1n) is 9.42. The minimum atomic E-state index is -0.607. The van der Waals surface area contributed by atoms with Crippen LogP contribution in [0.4, 0.5) is 0 Å². The number of para-hydroxylation sites is 2. The van der Waals surface area contributed by atoms with E-state index in [-0.39, 0.29) is 18.6 Å². The minimum absolute atomic E-state index is 0.0413. The molecule has 1 fully saturated rings. The smallest absolute Gasteiger partial charge is 0.267 e. The van der Waals surface area contributed by atoms with E-state index < -0.39 is 6.10 Å². The Morgan fingerprint density at radius 2 is 1.82 bits per heavy atom. The molecule has 2 aromatic carbocycles. The lowest BCUT2D eigenvalue weighted by Gasteiger charge is -2.28. The van der Waals surface area contributed by atoms with Gasteiger partial charge in [0.15, 0.2) is 11.5 Å². The van der Waals surface area contributed by atoms with Gasteiger partial charge in [0.1, 0.15) is 12.3 Å². The molecule has 28 heavy (non-hydrogen) atoms. The number of ether oxygens (including phenoxy) is 2. The van der Waals surface area contributed by atoms with Gasteiger partial charge in [-0.05, 0) is 18.6 Å². The number of hydrogen-bond donors (Lipinski definition) is 0. The average molecular weight is 376 g/mol. The van der Waals surface area contributed by atoms with Crippen molar-refractivity contribution in [3.05, 3.63) is 60.8 Å². The van der Waals surface area contributed by atoms with E-state index in [1.165, 1.54) is 0 Å². The molecule has 0 bridgehead atoms. The quantitative estimate of drug-likeness (QED) is 0.703. The van der Waals surface area contributed by atoms with Gasteiger partial charge in [-0.1, -0.05) is 47.7 Å². The van der Waals surface area contributed by atoms with Gasteiger partial charge in [0.25, 0.3) is 5.91 Å². The first kappa shape index (κ1) is 16.8. The van der Waals surface area contributed by atoms with Gasteiger partial charge in [0.2, 0.25) is 6.10 Å². The maximum atomic E-state index is 12.9. The van der Waals surface area contributed by atoms with E-state index in [0.717, 1.165) is 17.7 Å². The molecule has 0 N–H and O–H groups in total. The Bertz CT molecular complexity index is 988. The summed E-state index contributed by atoms with van der Waals surface area (Å²) in [5, 5.41) is 8.56. The largest absolute Gasteiger partial charge is 0.485 e. The summed E-state index contributed by atoms with van der Waals surface area (Å²) < 4.78 is 13.4. The summed E-state index contributed by atoms with van der Waals surface area (Å²) in [4.78, 5) is 14.7. The molecule has 142 valence electrons. The third-order valence-electron chi connectivity index (χ3n) is 5.21. The fraction of sp³-hybridized carbons (Fsp3) is 0.286. The Morgan fingerprint density at radius 1 is 1.04 bits per heavy atom. The zero-order valence-corrected chi connectivity index (χ0v) is 15.3. The number of amides is 1. The zero-order chi connectivity index (χ0) is 18.9. The molecule has 0 saturated carbocycles. The second-order valence-electron chi connectivity index (χ2n) is 7.04. The maximum Gasteiger partial charge on any atom is 0.267 e. The number of likely N-dealkylation sites (tertiary alicyclic amines) is 1. The van der Waals surface area contributed by atoms with Crippen molar-refractivity contribution in [1.29, 1.82) is 0 Å². The number of carbonyl (C=O) groups excluding carboxylic acids is 1. The summed E-state index contributed by atoms with van der Waals surface area (Å²) in [6.07, 6.45) is 2.18. The van der Waals surface area contributed by atoms with E-state index in [0.29, 0.717) is 24.6 Å². The molecule has 0 radical (unpaired) electrons. The van der Waals surface area contributed by atoms with E-state index in [4.69, 9.17) is 9.47 Å². The van der Waals surface area contributed by atoms with Crippen molar-refractivity contribution in [2.75, 3.05) is 19.7 Å². The van der Waals surface area contributed by atoms with Crippen LogP contribution in [0.25, 0.3) is 11.3 Å². The fourth-order valence-corrected chi connectivity index (χ4v) is 3.70. The molecular formula is C21H20N4O3. The lowest BCUT2D eigenvalue weighted by Crippen LogP contribution is -2.45. The molecule has 2 aliphatic heterocycles. The number of nitrogens with zero attached hydrogens (tertiary/aromatic N) is 4. The lowest BCUT2D eigenvalue weighted by atomic mass is 10.2. The molecule has 2 aliphatic rings. The number of carbonyl (C=O) groups is 1. The summed E-state index contributed by atoms with van der Waals surface area (Å²) in [7, 11) is 0. The van der Waals surface area contributed by atoms with Crippen LogP contribution in [0.2, 0.25) is 0 Å². The first-order valence-corrected chi connectivity index (χ1v) is 9.42. The highest BCUT2D eigenvalue weighted by molar-refractivity contribution is 5.82. The van der Waals surface area contributed by atoms with Gasteiger partial charge in [-0.25, -0.2) is 4.68 Å². The van der Waals surface area contributed by atoms with Gasteiger partial charge in [-0.2, -0.15) is 0 Å². The zero-order valence-electron chi connectivity index (χ0n) is 15.3. The van der Waals surface area contributed by atoms with Gasteiger partial charge >= 0.3 is 0 Å². The van der Waals surface area contributed by atoms with Crippen molar-refractivity contribution < 1.29 is 14.3 Å². The Morgan fingerprint density at radius 3 is 2.68 bits per heavy atom. The van der Waals surface area contributed by atoms with Gasteiger partial charge in [-0.3, -0.25) is 4.79 Å². The van der Waals surface area contributed by atoms with Crippen LogP contribution < -0.4 is 9.47 Å². The third kappa shape index (κ3) is 3.09. The average Bonchev–Trinajstić information content (AvgIpc) is 3.43. The highest BCUT2D eigenvalue weighted by Crippen LogP contribution is 2.32. The normalized spacial score (nSPS) is 20.9. The predicted octanol–water partition coefficient (Wildman–Crippen LogP) is 2.56. The van der Waals surface area contributed by atoms with Crippen LogP contribution in [0.1, 0.15) is 12.5 Å². The van der Waals surface area contributed by atoms with Gasteiger partial charge < -0.3 is 14.4 Å². The molecule has 3 heterocycles. The number of aromatic nitrogens is 3. The molecule has 3 aromatic rings. The summed E-state index contributed by atoms with van der Waals surface area (Å²) in [5.41, 5.74) is 1.87. The van der Waals surface area contributed by atoms with Crippen LogP contribution in [0.3, 0.4) is 0 Å². The van der Waals surface area contributed by atoms with Crippen molar-refractivity contribution in [3.63, 3.8) is 0 Å². The molecule has 1 amide bonds. The number of fused-ring (bicyclic) bond motifs is 1. The highest BCUT2D eigenvalue weighted by atomic mass is 16.6. The monoisotopic (exact) mass is 376 g/mol. The van der Waals surface area contributed by atoms with Crippen LogP contribution in [0, 0.1) is 0 Å². The van der Waals surface area contributed by atoms with Crippen molar-refractivity contribution in [2.24, 2.45) is 0 Å². The highest BCUT2D eigenvalue weighted by Gasteiger charge is 2.35. The Hall–Kier alpha value is -3.35. The second-order valence-corrected chi connectivity index (χ2v) is 7.04. The minimum Gasteiger partial charge on any atom is -0.485 e. The molecule has 7 nitrogen and oxygen atoms in total. The number of rotatable bonds is 3. The maximum absolute atomic E-state index is 12.9. The van der Waals surface area contributed by atoms with E-state index in [2.05, 4.69) is 10.3 Å². The van der Waals surface area contributed by atoms with Crippen molar-refractivity contribution in [2.45, 2.75) is 18.6 Å². The molecule has 2 unspecified atom stereocenters. The van der Waals surface area contributed by atoms with Crippen molar-refractivity contribution in [1.82, 2.24) is 19.9 Å². The molecule has 0 spiro atoms. The van der Waals surface area contributed by atoms with E-state index in [9.17, 15) is 4.79 Å². The topological polar surface area (TPSA) is 69.5 Å². The summed E-state index contributed by atoms with van der Waals surface area (Å²) in [6.45, 7) is 1.50. The van der Waals surface area contributed by atoms with Crippen LogP contribution in [-0.4, -0.2) is 51.6 Å². The van der Waals surface area contributed by atoms with Crippen LogP contribution in [-0.2, 0) is 4.79 Å². The summed E-state index contributed by atoms with van der Waals surface area (Å²) >= 11 is 0. The molecule has 1 aromatic heterocycles. The lowest BCUT2D eigenvalue weighted by molar-refractivity contribution is -0.140. The standard InChI is InChI=1S/C21H20N4O3/c26-21(20-14-27-18-8-4-5-9-19(18)28-20)24-11-10-16(12-24)25-13-17(22-23-25)15-6-2-1-3-7-15/h1-9,13,16,20H,10-12,14H2. The van der Waals surface area contributed by atoms with E-state index >= 15 is 0 Å². The second kappa shape index (κ2) is 6.99. The predicted molar refractivity (Wildman–Crippen MR) is 102 cm³/mol. The molecular weight excluding hydrogens is 356 g/mol.